The average Bonchev–Trinajstić information content (AvgIpc) is 2.90. The summed E-state index contributed by atoms with van der Waals surface area (Å²) in [6, 6.07) is 13.3. The van der Waals surface area contributed by atoms with Crippen LogP contribution in [0.25, 0.3) is 0 Å². The van der Waals surface area contributed by atoms with Crippen molar-refractivity contribution in [2.24, 2.45) is 0 Å². The Balaban J connectivity index is 1.80. The van der Waals surface area contributed by atoms with Crippen LogP contribution in [0.5, 0.6) is 0 Å². The number of aryl methyl sites for hydroxylation is 2. The normalized spacial score (nSPS) is 18.9. The minimum absolute atomic E-state index is 0.0136. The molecule has 0 unspecified atom stereocenters. The molecule has 0 radical (unpaired) electrons. The van der Waals surface area contributed by atoms with Gasteiger partial charge in [0, 0.05) is 15.8 Å². The van der Waals surface area contributed by atoms with Crippen molar-refractivity contribution in [2.45, 2.75) is 30.4 Å². The van der Waals surface area contributed by atoms with Gasteiger partial charge in [0.05, 0.1) is 17.1 Å². The van der Waals surface area contributed by atoms with Crippen LogP contribution in [0.3, 0.4) is 0 Å². The standard InChI is InChI=1S/C19H21NO3S2/c1-13-7-8-14(2)17(11-13)20-19(21)16-5-3-4-6-18(16)24-15-9-10-25(22,23)12-15/h3-8,11,15H,9-10,12H2,1-2H3,(H,20,21)/t15-/m1/s1. The van der Waals surface area contributed by atoms with Gasteiger partial charge in [-0.15, -0.1) is 11.8 Å². The Kier molecular flexibility index (Phi) is 5.20. The molecule has 3 rings (SSSR count). The fourth-order valence-corrected chi connectivity index (χ4v) is 6.48. The summed E-state index contributed by atoms with van der Waals surface area (Å²) in [4.78, 5) is 13.6. The Morgan fingerprint density at radius 1 is 1.16 bits per heavy atom. The molecule has 0 spiro atoms. The monoisotopic (exact) mass is 375 g/mol. The molecular formula is C19H21NO3S2. The molecule has 1 N–H and O–H groups in total. The third kappa shape index (κ3) is 4.44. The van der Waals surface area contributed by atoms with E-state index >= 15 is 0 Å². The highest BCUT2D eigenvalue weighted by atomic mass is 32.2. The van der Waals surface area contributed by atoms with Crippen LogP contribution in [0, 0.1) is 13.8 Å². The van der Waals surface area contributed by atoms with Gasteiger partial charge in [-0.25, -0.2) is 8.42 Å². The summed E-state index contributed by atoms with van der Waals surface area (Å²) in [7, 11) is -2.93. The predicted octanol–water partition coefficient (Wildman–Crippen LogP) is 3.83. The molecule has 2 aromatic rings. The summed E-state index contributed by atoms with van der Waals surface area (Å²) in [5.41, 5.74) is 3.47. The van der Waals surface area contributed by atoms with Crippen LogP contribution in [0.2, 0.25) is 0 Å². The molecule has 1 atom stereocenters. The maximum atomic E-state index is 12.8. The van der Waals surface area contributed by atoms with Gasteiger partial charge in [0.25, 0.3) is 5.91 Å². The van der Waals surface area contributed by atoms with Gasteiger partial charge < -0.3 is 5.32 Å². The number of amides is 1. The number of rotatable bonds is 4. The first-order valence-electron chi connectivity index (χ1n) is 8.19. The third-order valence-electron chi connectivity index (χ3n) is 4.26. The van der Waals surface area contributed by atoms with E-state index in [4.69, 9.17) is 0 Å². The molecule has 4 nitrogen and oxygen atoms in total. The number of hydrogen-bond donors (Lipinski definition) is 1. The number of nitrogens with one attached hydrogen (secondary N) is 1. The molecule has 1 heterocycles. The molecule has 1 amide bonds. The first-order chi connectivity index (χ1) is 11.8. The fraction of sp³-hybridized carbons (Fsp3) is 0.316. The maximum absolute atomic E-state index is 12.8. The van der Waals surface area contributed by atoms with E-state index in [1.54, 1.807) is 6.07 Å². The maximum Gasteiger partial charge on any atom is 0.256 e. The number of hydrogen-bond acceptors (Lipinski definition) is 4. The first-order valence-corrected chi connectivity index (χ1v) is 10.9. The number of thioether (sulfide) groups is 1. The second-order valence-corrected chi connectivity index (χ2v) is 9.98. The molecule has 132 valence electrons. The van der Waals surface area contributed by atoms with Crippen molar-refractivity contribution in [2.75, 3.05) is 16.8 Å². The van der Waals surface area contributed by atoms with Gasteiger partial charge in [-0.05, 0) is 49.6 Å². The number of carbonyl (C=O) groups is 1. The molecule has 1 aliphatic rings. The molecule has 6 heteroatoms. The summed E-state index contributed by atoms with van der Waals surface area (Å²) < 4.78 is 23.3. The first kappa shape index (κ1) is 18.0. The van der Waals surface area contributed by atoms with E-state index in [2.05, 4.69) is 5.32 Å². The molecule has 0 aliphatic carbocycles. The van der Waals surface area contributed by atoms with Crippen molar-refractivity contribution >= 4 is 33.2 Å². The summed E-state index contributed by atoms with van der Waals surface area (Å²) in [6.45, 7) is 3.94. The number of carbonyl (C=O) groups excluding carboxylic acids is 1. The van der Waals surface area contributed by atoms with Gasteiger partial charge in [-0.1, -0.05) is 24.3 Å². The van der Waals surface area contributed by atoms with Gasteiger partial charge in [-0.3, -0.25) is 4.79 Å². The Hall–Kier alpha value is -1.79. The van der Waals surface area contributed by atoms with Crippen molar-refractivity contribution in [1.82, 2.24) is 0 Å². The van der Waals surface area contributed by atoms with Gasteiger partial charge in [0.1, 0.15) is 0 Å². The van der Waals surface area contributed by atoms with Crippen molar-refractivity contribution in [1.29, 1.82) is 0 Å². The zero-order chi connectivity index (χ0) is 18.0. The van der Waals surface area contributed by atoms with E-state index in [1.165, 1.54) is 11.8 Å². The van der Waals surface area contributed by atoms with Crippen LogP contribution in [-0.2, 0) is 9.84 Å². The molecule has 1 aliphatic heterocycles. The highest BCUT2D eigenvalue weighted by molar-refractivity contribution is 8.02. The van der Waals surface area contributed by atoms with E-state index in [1.807, 2.05) is 50.2 Å². The SMILES string of the molecule is Cc1ccc(C)c(NC(=O)c2ccccc2S[C@@H]2CCS(=O)(=O)C2)c1. The molecule has 1 saturated heterocycles. The largest absolute Gasteiger partial charge is 0.322 e. The topological polar surface area (TPSA) is 63.2 Å². The smallest absolute Gasteiger partial charge is 0.256 e. The highest BCUT2D eigenvalue weighted by Crippen LogP contribution is 2.33. The zero-order valence-corrected chi connectivity index (χ0v) is 15.9. The van der Waals surface area contributed by atoms with Crippen molar-refractivity contribution in [3.8, 4) is 0 Å². The predicted molar refractivity (Wildman–Crippen MR) is 103 cm³/mol. The van der Waals surface area contributed by atoms with Crippen LogP contribution < -0.4 is 5.32 Å². The Labute approximate surface area is 152 Å². The quantitative estimate of drug-likeness (QED) is 0.882. The van der Waals surface area contributed by atoms with Crippen LogP contribution in [0.1, 0.15) is 27.9 Å². The van der Waals surface area contributed by atoms with Gasteiger partial charge in [-0.2, -0.15) is 0 Å². The number of sulfone groups is 1. The minimum atomic E-state index is -2.93. The lowest BCUT2D eigenvalue weighted by atomic mass is 10.1. The number of anilines is 1. The lowest BCUT2D eigenvalue weighted by molar-refractivity contribution is 0.102. The lowest BCUT2D eigenvalue weighted by Crippen LogP contribution is -2.15. The van der Waals surface area contributed by atoms with Gasteiger partial charge in [0.15, 0.2) is 9.84 Å². The Morgan fingerprint density at radius 3 is 2.64 bits per heavy atom. The molecule has 2 aromatic carbocycles. The average molecular weight is 376 g/mol. The van der Waals surface area contributed by atoms with E-state index in [0.717, 1.165) is 21.7 Å². The molecule has 1 fully saturated rings. The van der Waals surface area contributed by atoms with Crippen LogP contribution >= 0.6 is 11.8 Å². The summed E-state index contributed by atoms with van der Waals surface area (Å²) in [5, 5.41) is 2.99. The Morgan fingerprint density at radius 2 is 1.92 bits per heavy atom. The van der Waals surface area contributed by atoms with Crippen molar-refractivity contribution in [3.05, 3.63) is 59.2 Å². The van der Waals surface area contributed by atoms with Gasteiger partial charge >= 0.3 is 0 Å². The minimum Gasteiger partial charge on any atom is -0.322 e. The second kappa shape index (κ2) is 7.22. The molecule has 25 heavy (non-hydrogen) atoms. The lowest BCUT2D eigenvalue weighted by Gasteiger charge is -2.14. The molecule has 0 aromatic heterocycles. The summed E-state index contributed by atoms with van der Waals surface area (Å²) >= 11 is 1.49. The van der Waals surface area contributed by atoms with E-state index in [9.17, 15) is 13.2 Å². The summed E-state index contributed by atoms with van der Waals surface area (Å²) in [6.07, 6.45) is 0.639. The molecular weight excluding hydrogens is 354 g/mol. The van der Waals surface area contributed by atoms with Gasteiger partial charge in [0.2, 0.25) is 0 Å². The van der Waals surface area contributed by atoms with Crippen molar-refractivity contribution in [3.63, 3.8) is 0 Å². The number of benzene rings is 2. The zero-order valence-electron chi connectivity index (χ0n) is 14.3. The van der Waals surface area contributed by atoms with E-state index in [0.29, 0.717) is 12.0 Å². The third-order valence-corrected chi connectivity index (χ3v) is 7.58. The Bertz CT molecular complexity index is 907. The molecule has 0 saturated carbocycles. The van der Waals surface area contributed by atoms with Crippen LogP contribution in [0.4, 0.5) is 5.69 Å². The van der Waals surface area contributed by atoms with E-state index < -0.39 is 9.84 Å². The fourth-order valence-electron chi connectivity index (χ4n) is 2.85. The highest BCUT2D eigenvalue weighted by Gasteiger charge is 2.29. The van der Waals surface area contributed by atoms with Crippen LogP contribution in [-0.4, -0.2) is 31.1 Å². The van der Waals surface area contributed by atoms with Crippen LogP contribution in [0.15, 0.2) is 47.4 Å². The molecule has 0 bridgehead atoms. The van der Waals surface area contributed by atoms with E-state index in [-0.39, 0.29) is 22.7 Å². The van der Waals surface area contributed by atoms with Crippen molar-refractivity contribution < 1.29 is 13.2 Å². The second-order valence-electron chi connectivity index (χ2n) is 6.41. The summed E-state index contributed by atoms with van der Waals surface area (Å²) in [5.74, 6) is 0.254.